The number of carbonyl (C=O) groups excluding carboxylic acids is 1. The number of carbonyl (C=O) groups is 1. The summed E-state index contributed by atoms with van der Waals surface area (Å²) in [6.07, 6.45) is 2.05. The SMILES string of the molecule is CCCN(CCC)C(=O)CN1CCN(Cc2cc(C)no2)CC1. The van der Waals surface area contributed by atoms with Gasteiger partial charge in [-0.15, -0.1) is 0 Å². The van der Waals surface area contributed by atoms with Gasteiger partial charge in [-0.1, -0.05) is 19.0 Å². The van der Waals surface area contributed by atoms with E-state index < -0.39 is 0 Å². The second-order valence-corrected chi connectivity index (χ2v) is 6.37. The summed E-state index contributed by atoms with van der Waals surface area (Å²) in [5.41, 5.74) is 0.927. The maximum atomic E-state index is 12.4. The van der Waals surface area contributed by atoms with E-state index in [2.05, 4.69) is 28.8 Å². The first kappa shape index (κ1) is 17.9. The summed E-state index contributed by atoms with van der Waals surface area (Å²) < 4.78 is 5.28. The molecule has 0 aliphatic carbocycles. The first-order valence-corrected chi connectivity index (χ1v) is 8.77. The van der Waals surface area contributed by atoms with Crippen LogP contribution in [0.25, 0.3) is 0 Å². The summed E-state index contributed by atoms with van der Waals surface area (Å²) in [6.45, 7) is 13.1. The van der Waals surface area contributed by atoms with Gasteiger partial charge in [0.15, 0.2) is 5.76 Å². The highest BCUT2D eigenvalue weighted by Gasteiger charge is 2.22. The Balaban J connectivity index is 1.74. The fourth-order valence-corrected chi connectivity index (χ4v) is 3.01. The predicted octanol–water partition coefficient (Wildman–Crippen LogP) is 1.75. The lowest BCUT2D eigenvalue weighted by Crippen LogP contribution is -2.49. The maximum absolute atomic E-state index is 12.4. The number of amides is 1. The second-order valence-electron chi connectivity index (χ2n) is 6.37. The largest absolute Gasteiger partial charge is 0.360 e. The van der Waals surface area contributed by atoms with Gasteiger partial charge in [0.05, 0.1) is 18.8 Å². The molecule has 0 saturated carbocycles. The quantitative estimate of drug-likeness (QED) is 0.730. The molecule has 1 aromatic heterocycles. The summed E-state index contributed by atoms with van der Waals surface area (Å²) in [5, 5.41) is 3.93. The molecule has 1 saturated heterocycles. The van der Waals surface area contributed by atoms with Gasteiger partial charge < -0.3 is 9.42 Å². The molecular formula is C17H30N4O2. The molecule has 1 aliphatic heterocycles. The third-order valence-corrected chi connectivity index (χ3v) is 4.22. The Labute approximate surface area is 139 Å². The molecule has 2 rings (SSSR count). The third-order valence-electron chi connectivity index (χ3n) is 4.22. The summed E-state index contributed by atoms with van der Waals surface area (Å²) >= 11 is 0. The van der Waals surface area contributed by atoms with Crippen molar-refractivity contribution in [3.8, 4) is 0 Å². The van der Waals surface area contributed by atoms with E-state index in [1.54, 1.807) is 0 Å². The van der Waals surface area contributed by atoms with Crippen molar-refractivity contribution in [1.29, 1.82) is 0 Å². The monoisotopic (exact) mass is 322 g/mol. The van der Waals surface area contributed by atoms with Crippen molar-refractivity contribution in [1.82, 2.24) is 19.9 Å². The Kier molecular flexibility index (Phi) is 7.05. The van der Waals surface area contributed by atoms with E-state index in [1.807, 2.05) is 17.9 Å². The molecule has 6 heteroatoms. The predicted molar refractivity (Wildman–Crippen MR) is 90.1 cm³/mol. The number of aromatic nitrogens is 1. The van der Waals surface area contributed by atoms with Gasteiger partial charge in [0.25, 0.3) is 0 Å². The van der Waals surface area contributed by atoms with Crippen LogP contribution in [0.2, 0.25) is 0 Å². The summed E-state index contributed by atoms with van der Waals surface area (Å²) in [7, 11) is 0. The number of piperazine rings is 1. The Morgan fingerprint density at radius 2 is 1.78 bits per heavy atom. The molecule has 1 aliphatic rings. The van der Waals surface area contributed by atoms with Crippen LogP contribution in [-0.2, 0) is 11.3 Å². The van der Waals surface area contributed by atoms with Crippen molar-refractivity contribution in [2.45, 2.75) is 40.2 Å². The lowest BCUT2D eigenvalue weighted by molar-refractivity contribution is -0.133. The number of nitrogens with zero attached hydrogens (tertiary/aromatic N) is 4. The summed E-state index contributed by atoms with van der Waals surface area (Å²) in [5.74, 6) is 1.19. The molecule has 1 fully saturated rings. The van der Waals surface area contributed by atoms with Crippen LogP contribution in [0.15, 0.2) is 10.6 Å². The van der Waals surface area contributed by atoms with Crippen LogP contribution in [0.4, 0.5) is 0 Å². The molecule has 1 amide bonds. The number of aryl methyl sites for hydroxylation is 1. The van der Waals surface area contributed by atoms with E-state index in [-0.39, 0.29) is 5.91 Å². The van der Waals surface area contributed by atoms with Gasteiger partial charge in [-0.25, -0.2) is 0 Å². The zero-order valence-corrected chi connectivity index (χ0v) is 14.8. The molecule has 23 heavy (non-hydrogen) atoms. The first-order chi connectivity index (χ1) is 11.1. The molecule has 0 atom stereocenters. The molecule has 0 aromatic carbocycles. The van der Waals surface area contributed by atoms with Gasteiger partial charge in [0, 0.05) is 45.3 Å². The molecule has 0 radical (unpaired) electrons. The third kappa shape index (κ3) is 5.62. The smallest absolute Gasteiger partial charge is 0.236 e. The van der Waals surface area contributed by atoms with Crippen LogP contribution in [0.1, 0.15) is 38.1 Å². The normalized spacial score (nSPS) is 16.7. The lowest BCUT2D eigenvalue weighted by atomic mass is 10.2. The average molecular weight is 322 g/mol. The highest BCUT2D eigenvalue weighted by molar-refractivity contribution is 5.78. The fraction of sp³-hybridized carbons (Fsp3) is 0.765. The molecule has 0 spiro atoms. The molecule has 0 bridgehead atoms. The van der Waals surface area contributed by atoms with Crippen molar-refractivity contribution >= 4 is 5.91 Å². The van der Waals surface area contributed by atoms with Crippen molar-refractivity contribution < 1.29 is 9.32 Å². The van der Waals surface area contributed by atoms with E-state index in [9.17, 15) is 4.79 Å². The van der Waals surface area contributed by atoms with Gasteiger partial charge in [-0.3, -0.25) is 14.6 Å². The van der Waals surface area contributed by atoms with Gasteiger partial charge >= 0.3 is 0 Å². The van der Waals surface area contributed by atoms with Crippen molar-refractivity contribution in [3.05, 3.63) is 17.5 Å². The van der Waals surface area contributed by atoms with Crippen LogP contribution in [0.3, 0.4) is 0 Å². The molecule has 1 aromatic rings. The molecule has 130 valence electrons. The minimum absolute atomic E-state index is 0.271. The number of hydrogen-bond donors (Lipinski definition) is 0. The highest BCUT2D eigenvalue weighted by Crippen LogP contribution is 2.10. The average Bonchev–Trinajstić information content (AvgIpc) is 2.94. The van der Waals surface area contributed by atoms with E-state index in [0.29, 0.717) is 6.54 Å². The van der Waals surface area contributed by atoms with Crippen molar-refractivity contribution in [3.63, 3.8) is 0 Å². The Morgan fingerprint density at radius 1 is 1.17 bits per heavy atom. The van der Waals surface area contributed by atoms with E-state index in [1.165, 1.54) is 0 Å². The van der Waals surface area contributed by atoms with Crippen molar-refractivity contribution in [2.75, 3.05) is 45.8 Å². The topological polar surface area (TPSA) is 52.8 Å². The minimum Gasteiger partial charge on any atom is -0.360 e. The number of hydrogen-bond acceptors (Lipinski definition) is 5. The second kappa shape index (κ2) is 9.03. The standard InChI is InChI=1S/C17H30N4O2/c1-4-6-21(7-5-2)17(22)14-20-10-8-19(9-11-20)13-16-12-15(3)18-23-16/h12H,4-11,13-14H2,1-3H3. The fourth-order valence-electron chi connectivity index (χ4n) is 3.01. The molecule has 0 N–H and O–H groups in total. The molecule has 0 unspecified atom stereocenters. The van der Waals surface area contributed by atoms with Gasteiger partial charge in [-0.2, -0.15) is 0 Å². The molecular weight excluding hydrogens is 292 g/mol. The zero-order valence-electron chi connectivity index (χ0n) is 14.8. The minimum atomic E-state index is 0.271. The van der Waals surface area contributed by atoms with Crippen LogP contribution >= 0.6 is 0 Å². The van der Waals surface area contributed by atoms with E-state index >= 15 is 0 Å². The van der Waals surface area contributed by atoms with Gasteiger partial charge in [-0.05, 0) is 19.8 Å². The lowest BCUT2D eigenvalue weighted by Gasteiger charge is -2.34. The summed E-state index contributed by atoms with van der Waals surface area (Å²) in [4.78, 5) is 19.0. The van der Waals surface area contributed by atoms with E-state index in [4.69, 9.17) is 4.52 Å². The maximum Gasteiger partial charge on any atom is 0.236 e. The molecule has 2 heterocycles. The van der Waals surface area contributed by atoms with Crippen LogP contribution in [0.5, 0.6) is 0 Å². The van der Waals surface area contributed by atoms with Gasteiger partial charge in [0.2, 0.25) is 5.91 Å². The Morgan fingerprint density at radius 3 is 2.30 bits per heavy atom. The molecule has 6 nitrogen and oxygen atoms in total. The van der Waals surface area contributed by atoms with Crippen LogP contribution in [-0.4, -0.2) is 71.6 Å². The van der Waals surface area contributed by atoms with Gasteiger partial charge in [0.1, 0.15) is 0 Å². The van der Waals surface area contributed by atoms with Crippen LogP contribution < -0.4 is 0 Å². The summed E-state index contributed by atoms with van der Waals surface area (Å²) in [6, 6.07) is 1.99. The Bertz CT molecular complexity index is 475. The Hall–Kier alpha value is -1.40. The number of rotatable bonds is 8. The zero-order chi connectivity index (χ0) is 16.7. The van der Waals surface area contributed by atoms with E-state index in [0.717, 1.165) is 70.1 Å². The highest BCUT2D eigenvalue weighted by atomic mass is 16.5. The van der Waals surface area contributed by atoms with Crippen molar-refractivity contribution in [2.24, 2.45) is 0 Å². The first-order valence-electron chi connectivity index (χ1n) is 8.77. The van der Waals surface area contributed by atoms with Crippen LogP contribution in [0, 0.1) is 6.92 Å².